The first kappa shape index (κ1) is 41.1. The molecule has 2 fully saturated rings. The second kappa shape index (κ2) is 21.1. The molecule has 0 saturated heterocycles. The zero-order valence-corrected chi connectivity index (χ0v) is 30.6. The van der Waals surface area contributed by atoms with Crippen LogP contribution in [0.15, 0.2) is 24.4 Å². The number of terminal acetylenes is 1. The monoisotopic (exact) mass is 710 g/mol. The number of amides is 6. The van der Waals surface area contributed by atoms with Crippen LogP contribution >= 0.6 is 0 Å². The topological polar surface area (TPSA) is 175 Å². The van der Waals surface area contributed by atoms with E-state index in [0.717, 1.165) is 69.8 Å². The number of ether oxygens (including phenoxy) is 1. The van der Waals surface area contributed by atoms with Gasteiger partial charge in [-0.05, 0) is 62.4 Å². The Hall–Kier alpha value is -4.34. The summed E-state index contributed by atoms with van der Waals surface area (Å²) in [7, 11) is 0. The summed E-state index contributed by atoms with van der Waals surface area (Å²) in [6.45, 7) is 9.78. The molecular formula is C38H58N6O7. The lowest BCUT2D eigenvalue weighted by Gasteiger charge is -2.35. The van der Waals surface area contributed by atoms with Gasteiger partial charge in [0, 0.05) is 32.1 Å². The van der Waals surface area contributed by atoms with Crippen LogP contribution in [0.5, 0.6) is 0 Å². The molecule has 0 bridgehead atoms. The van der Waals surface area contributed by atoms with E-state index in [-0.39, 0.29) is 50.2 Å². The Labute approximate surface area is 302 Å². The van der Waals surface area contributed by atoms with Crippen LogP contribution in [0.1, 0.15) is 104 Å². The van der Waals surface area contributed by atoms with Crippen molar-refractivity contribution in [2.24, 2.45) is 17.8 Å². The van der Waals surface area contributed by atoms with Crippen molar-refractivity contribution in [2.75, 3.05) is 19.7 Å². The molecule has 6 amide bonds. The molecule has 2 aliphatic carbocycles. The molecule has 3 rings (SSSR count). The fraction of sp³-hybridized carbons (Fsp3) is 0.684. The minimum Gasteiger partial charge on any atom is -0.447 e. The Morgan fingerprint density at radius 3 is 2.20 bits per heavy atom. The van der Waals surface area contributed by atoms with Crippen molar-refractivity contribution in [3.63, 3.8) is 0 Å². The second-order valence-electron chi connectivity index (χ2n) is 14.1. The molecular weight excluding hydrogens is 652 g/mol. The van der Waals surface area contributed by atoms with Crippen molar-refractivity contribution in [1.29, 1.82) is 0 Å². The predicted octanol–water partition coefficient (Wildman–Crippen LogP) is 3.84. The summed E-state index contributed by atoms with van der Waals surface area (Å²) >= 11 is 0. The highest BCUT2D eigenvalue weighted by molar-refractivity contribution is 6.38. The third-order valence-corrected chi connectivity index (χ3v) is 10.1. The lowest BCUT2D eigenvalue weighted by Crippen LogP contribution is -2.59. The zero-order valence-electron chi connectivity index (χ0n) is 30.6. The molecule has 13 nitrogen and oxygen atoms in total. The summed E-state index contributed by atoms with van der Waals surface area (Å²) in [4.78, 5) is 81.3. The van der Waals surface area contributed by atoms with E-state index in [1.165, 1.54) is 11.0 Å². The Bertz CT molecular complexity index is 1310. The van der Waals surface area contributed by atoms with E-state index in [0.29, 0.717) is 6.54 Å². The zero-order chi connectivity index (χ0) is 37.3. The van der Waals surface area contributed by atoms with Gasteiger partial charge in [-0.2, -0.15) is 0 Å². The molecule has 0 aromatic heterocycles. The van der Waals surface area contributed by atoms with Crippen LogP contribution in [-0.2, 0) is 23.9 Å². The summed E-state index contributed by atoms with van der Waals surface area (Å²) in [6.07, 6.45) is 17.7. The minimum atomic E-state index is -1.19. The number of rotatable bonds is 17. The summed E-state index contributed by atoms with van der Waals surface area (Å²) in [5.74, 6) is -0.281. The lowest BCUT2D eigenvalue weighted by atomic mass is 9.83. The van der Waals surface area contributed by atoms with Gasteiger partial charge < -0.3 is 36.2 Å². The average molecular weight is 711 g/mol. The van der Waals surface area contributed by atoms with E-state index in [9.17, 15) is 28.8 Å². The van der Waals surface area contributed by atoms with Gasteiger partial charge in [-0.25, -0.2) is 9.59 Å². The number of Topliss-reactive ketones (excluding diaryl/α,β-unsaturated/α-hetero) is 1. The summed E-state index contributed by atoms with van der Waals surface area (Å²) in [6, 6.07) is -4.08. The minimum absolute atomic E-state index is 0.00595. The quantitative estimate of drug-likeness (QED) is 0.0866. The van der Waals surface area contributed by atoms with Gasteiger partial charge in [-0.1, -0.05) is 58.4 Å². The SMILES string of the molecule is C#CCCC(NC(=O)C1CC(C(C)C)=CN1C(=O)[C@@H](NC(=O)N[C@H](COC(=O)NCC)C1CCCCC1)C1CCCCC1)C(=O)C(=O)NCC=C. The highest BCUT2D eigenvalue weighted by Crippen LogP contribution is 2.33. The van der Waals surface area contributed by atoms with Gasteiger partial charge >= 0.3 is 12.1 Å². The van der Waals surface area contributed by atoms with Crippen LogP contribution in [0.2, 0.25) is 0 Å². The molecule has 2 unspecified atom stereocenters. The molecule has 5 N–H and O–H groups in total. The Balaban J connectivity index is 1.85. The van der Waals surface area contributed by atoms with E-state index in [1.807, 2.05) is 13.8 Å². The molecule has 1 aliphatic heterocycles. The summed E-state index contributed by atoms with van der Waals surface area (Å²) in [5, 5.41) is 13.8. The highest BCUT2D eigenvalue weighted by atomic mass is 16.5. The number of alkyl carbamates (subject to hydrolysis) is 1. The fourth-order valence-electron chi connectivity index (χ4n) is 7.19. The second-order valence-corrected chi connectivity index (χ2v) is 14.1. The summed E-state index contributed by atoms with van der Waals surface area (Å²) < 4.78 is 5.45. The molecule has 0 spiro atoms. The molecule has 3 aliphatic rings. The Morgan fingerprint density at radius 2 is 1.61 bits per heavy atom. The first-order chi connectivity index (χ1) is 24.5. The number of carbonyl (C=O) groups excluding carboxylic acids is 6. The molecule has 0 aromatic rings. The van der Waals surface area contributed by atoms with Gasteiger partial charge in [0.2, 0.25) is 17.6 Å². The highest BCUT2D eigenvalue weighted by Gasteiger charge is 2.42. The molecule has 0 radical (unpaired) electrons. The molecule has 2 saturated carbocycles. The van der Waals surface area contributed by atoms with Crippen LogP contribution in [0, 0.1) is 30.1 Å². The molecule has 51 heavy (non-hydrogen) atoms. The van der Waals surface area contributed by atoms with Gasteiger partial charge in [-0.3, -0.25) is 19.2 Å². The van der Waals surface area contributed by atoms with Crippen LogP contribution in [0.25, 0.3) is 0 Å². The van der Waals surface area contributed by atoms with E-state index in [2.05, 4.69) is 39.1 Å². The third-order valence-electron chi connectivity index (χ3n) is 10.1. The number of ketones is 1. The van der Waals surface area contributed by atoms with Gasteiger partial charge in [0.15, 0.2) is 0 Å². The lowest BCUT2D eigenvalue weighted by molar-refractivity contribution is -0.142. The van der Waals surface area contributed by atoms with E-state index < -0.39 is 59.8 Å². The Kier molecular flexibility index (Phi) is 17.0. The van der Waals surface area contributed by atoms with Gasteiger partial charge in [-0.15, -0.1) is 18.9 Å². The largest absolute Gasteiger partial charge is 0.447 e. The van der Waals surface area contributed by atoms with Gasteiger partial charge in [0.1, 0.15) is 18.7 Å². The van der Waals surface area contributed by atoms with Crippen molar-refractivity contribution in [3.05, 3.63) is 24.4 Å². The number of hydrogen-bond acceptors (Lipinski definition) is 7. The molecule has 1 heterocycles. The molecule has 4 atom stereocenters. The van der Waals surface area contributed by atoms with E-state index >= 15 is 0 Å². The van der Waals surface area contributed by atoms with Gasteiger partial charge in [0.25, 0.3) is 5.91 Å². The number of carbonyl (C=O) groups is 6. The smallest absolute Gasteiger partial charge is 0.407 e. The van der Waals surface area contributed by atoms with Crippen molar-refractivity contribution >= 4 is 35.6 Å². The van der Waals surface area contributed by atoms with Crippen molar-refractivity contribution in [2.45, 2.75) is 128 Å². The number of nitrogens with zero attached hydrogens (tertiary/aromatic N) is 1. The maximum atomic E-state index is 14.6. The van der Waals surface area contributed by atoms with Gasteiger partial charge in [0.05, 0.1) is 12.1 Å². The Morgan fingerprint density at radius 1 is 0.961 bits per heavy atom. The normalized spacial score (nSPS) is 19.8. The fourth-order valence-corrected chi connectivity index (χ4v) is 7.19. The maximum Gasteiger partial charge on any atom is 0.407 e. The van der Waals surface area contributed by atoms with Crippen LogP contribution in [-0.4, -0.2) is 84.4 Å². The van der Waals surface area contributed by atoms with Crippen molar-refractivity contribution < 1.29 is 33.5 Å². The van der Waals surface area contributed by atoms with E-state index in [4.69, 9.17) is 11.2 Å². The molecule has 0 aromatic carbocycles. The third kappa shape index (κ3) is 12.4. The molecule has 13 heteroatoms. The van der Waals surface area contributed by atoms with Crippen molar-refractivity contribution in [1.82, 2.24) is 31.5 Å². The van der Waals surface area contributed by atoms with Crippen molar-refractivity contribution in [3.8, 4) is 12.3 Å². The van der Waals surface area contributed by atoms with Crippen LogP contribution in [0.4, 0.5) is 9.59 Å². The summed E-state index contributed by atoms with van der Waals surface area (Å²) in [5.41, 5.74) is 0.866. The van der Waals surface area contributed by atoms with Crippen LogP contribution < -0.4 is 26.6 Å². The number of urea groups is 1. The average Bonchev–Trinajstić information content (AvgIpc) is 3.59. The standard InChI is InChI=1S/C38H58N6O7/c1-6-9-20-29(33(45)35(47)40-21-7-2)41-34(46)31-22-28(25(4)5)23-44(31)36(48)32(27-18-14-11-15-19-27)43-37(49)42-30(24-51-38(50)39-8-3)26-16-12-10-13-17-26/h1,7,23,25-27,29-32H,2,8-22,24H2,3-5H3,(H,39,50)(H,40,47)(H,41,46)(H2,42,43,49)/t29?,30-,31?,32+/m1/s1. The predicted molar refractivity (Wildman–Crippen MR) is 194 cm³/mol. The van der Waals surface area contributed by atoms with Crippen LogP contribution in [0.3, 0.4) is 0 Å². The number of nitrogens with one attached hydrogen (secondary N) is 5. The first-order valence-electron chi connectivity index (χ1n) is 18.7. The maximum absolute atomic E-state index is 14.6. The molecule has 282 valence electrons. The first-order valence-corrected chi connectivity index (χ1v) is 18.7. The number of hydrogen-bond donors (Lipinski definition) is 5. The van der Waals surface area contributed by atoms with E-state index in [1.54, 1.807) is 13.1 Å².